The number of ether oxygens (including phenoxy) is 2. The van der Waals surface area contributed by atoms with Crippen molar-refractivity contribution in [3.8, 4) is 5.75 Å². The first-order chi connectivity index (χ1) is 10.2. The van der Waals surface area contributed by atoms with Crippen LogP contribution in [0.2, 0.25) is 0 Å². The summed E-state index contributed by atoms with van der Waals surface area (Å²) < 4.78 is 24.0. The fraction of sp³-hybridized carbons (Fsp3) is 0.188. The number of halogens is 1. The normalized spacial score (nSPS) is 10.2. The molecule has 0 atom stereocenters. The van der Waals surface area contributed by atoms with Gasteiger partial charge in [-0.1, -0.05) is 18.2 Å². The topological polar surface area (TPSA) is 35.5 Å². The highest BCUT2D eigenvalue weighted by atomic mass is 32.2. The molecule has 0 radical (unpaired) electrons. The highest BCUT2D eigenvalue weighted by molar-refractivity contribution is 7.98. The van der Waals surface area contributed by atoms with Crippen molar-refractivity contribution in [2.75, 3.05) is 13.4 Å². The van der Waals surface area contributed by atoms with Crippen molar-refractivity contribution in [3.63, 3.8) is 0 Å². The second-order valence-electron chi connectivity index (χ2n) is 4.25. The van der Waals surface area contributed by atoms with Gasteiger partial charge in [-0.2, -0.15) is 0 Å². The Morgan fingerprint density at radius 1 is 1.24 bits per heavy atom. The van der Waals surface area contributed by atoms with Crippen LogP contribution in [-0.4, -0.2) is 19.3 Å². The first kappa shape index (κ1) is 15.4. The Kier molecular flexibility index (Phi) is 5.22. The van der Waals surface area contributed by atoms with E-state index in [0.717, 1.165) is 10.6 Å². The molecule has 0 saturated carbocycles. The molecule has 0 heterocycles. The Morgan fingerprint density at radius 3 is 2.67 bits per heavy atom. The minimum atomic E-state index is -0.687. The van der Waals surface area contributed by atoms with Crippen molar-refractivity contribution in [2.24, 2.45) is 0 Å². The van der Waals surface area contributed by atoms with Crippen molar-refractivity contribution in [1.29, 1.82) is 0 Å². The molecule has 0 aromatic heterocycles. The van der Waals surface area contributed by atoms with Crippen molar-refractivity contribution < 1.29 is 18.7 Å². The molecule has 0 unspecified atom stereocenters. The lowest BCUT2D eigenvalue weighted by Crippen LogP contribution is -2.05. The number of para-hydroxylation sites is 1. The van der Waals surface area contributed by atoms with Gasteiger partial charge in [0, 0.05) is 4.90 Å². The van der Waals surface area contributed by atoms with E-state index in [2.05, 4.69) is 4.74 Å². The number of thioether (sulfide) groups is 1. The number of hydrogen-bond acceptors (Lipinski definition) is 4. The maximum absolute atomic E-state index is 13.8. The summed E-state index contributed by atoms with van der Waals surface area (Å²) in [5.41, 5.74) is 0.571. The summed E-state index contributed by atoms with van der Waals surface area (Å²) >= 11 is 1.58. The quantitative estimate of drug-likeness (QED) is 0.620. The highest BCUT2D eigenvalue weighted by Crippen LogP contribution is 2.27. The zero-order chi connectivity index (χ0) is 15.2. The van der Waals surface area contributed by atoms with Crippen molar-refractivity contribution in [1.82, 2.24) is 0 Å². The van der Waals surface area contributed by atoms with E-state index in [4.69, 9.17) is 4.74 Å². The summed E-state index contributed by atoms with van der Waals surface area (Å²) in [6, 6.07) is 12.0. The average molecular weight is 306 g/mol. The van der Waals surface area contributed by atoms with E-state index in [1.165, 1.54) is 19.2 Å². The summed E-state index contributed by atoms with van der Waals surface area (Å²) in [4.78, 5) is 12.3. The van der Waals surface area contributed by atoms with Gasteiger partial charge in [-0.3, -0.25) is 0 Å². The minimum absolute atomic E-state index is 0.0780. The van der Waals surface area contributed by atoms with Gasteiger partial charge in [0.25, 0.3) is 0 Å². The monoisotopic (exact) mass is 306 g/mol. The van der Waals surface area contributed by atoms with Gasteiger partial charge in [0.05, 0.1) is 12.7 Å². The number of carbonyl (C=O) groups is 1. The minimum Gasteiger partial charge on any atom is -0.488 e. The van der Waals surface area contributed by atoms with Crippen LogP contribution in [-0.2, 0) is 11.3 Å². The lowest BCUT2D eigenvalue weighted by atomic mass is 10.1. The molecule has 2 aromatic rings. The smallest absolute Gasteiger partial charge is 0.340 e. The van der Waals surface area contributed by atoms with Gasteiger partial charge in [0.2, 0.25) is 0 Å². The number of esters is 1. The van der Waals surface area contributed by atoms with Gasteiger partial charge in [-0.25, -0.2) is 9.18 Å². The molecule has 3 nitrogen and oxygen atoms in total. The predicted octanol–water partition coefficient (Wildman–Crippen LogP) is 3.91. The summed E-state index contributed by atoms with van der Waals surface area (Å²) in [5, 5.41) is 0. The van der Waals surface area contributed by atoms with E-state index in [0.29, 0.717) is 5.56 Å². The van der Waals surface area contributed by atoms with Crippen LogP contribution in [0.4, 0.5) is 4.39 Å². The predicted molar refractivity (Wildman–Crippen MR) is 80.3 cm³/mol. The number of methoxy groups -OCH3 is 1. The van der Waals surface area contributed by atoms with Crippen LogP contribution in [0.15, 0.2) is 47.4 Å². The third-order valence-electron chi connectivity index (χ3n) is 2.90. The third-order valence-corrected chi connectivity index (χ3v) is 3.68. The lowest BCUT2D eigenvalue weighted by Gasteiger charge is -2.10. The molecule has 21 heavy (non-hydrogen) atoms. The largest absolute Gasteiger partial charge is 0.488 e. The van der Waals surface area contributed by atoms with Gasteiger partial charge >= 0.3 is 5.97 Å². The van der Waals surface area contributed by atoms with E-state index in [-0.39, 0.29) is 12.2 Å². The number of carbonyl (C=O) groups excluding carboxylic acids is 1. The Bertz CT molecular complexity index is 643. The van der Waals surface area contributed by atoms with E-state index in [9.17, 15) is 9.18 Å². The van der Waals surface area contributed by atoms with Crippen LogP contribution in [0.5, 0.6) is 5.75 Å². The molecule has 0 fully saturated rings. The molecular formula is C16H15FO3S. The summed E-state index contributed by atoms with van der Waals surface area (Å²) in [7, 11) is 1.22. The lowest BCUT2D eigenvalue weighted by molar-refractivity contribution is 0.0595. The van der Waals surface area contributed by atoms with Gasteiger partial charge < -0.3 is 9.47 Å². The van der Waals surface area contributed by atoms with Crippen LogP contribution in [0.3, 0.4) is 0 Å². The molecule has 0 aliphatic rings. The summed E-state index contributed by atoms with van der Waals surface area (Å²) in [6.45, 7) is 0.232. The SMILES string of the molecule is COC(=O)c1ccc(COc2ccccc2SC)cc1F. The maximum Gasteiger partial charge on any atom is 0.340 e. The maximum atomic E-state index is 13.8. The zero-order valence-electron chi connectivity index (χ0n) is 11.8. The molecule has 0 bridgehead atoms. The van der Waals surface area contributed by atoms with Crippen molar-refractivity contribution in [2.45, 2.75) is 11.5 Å². The Labute approximate surface area is 127 Å². The molecule has 0 N–H and O–H groups in total. The summed E-state index contributed by atoms with van der Waals surface area (Å²) in [5.74, 6) is -0.545. The molecule has 2 rings (SSSR count). The van der Waals surface area contributed by atoms with Crippen molar-refractivity contribution in [3.05, 3.63) is 59.4 Å². The zero-order valence-corrected chi connectivity index (χ0v) is 12.6. The second kappa shape index (κ2) is 7.13. The van der Waals surface area contributed by atoms with Crippen LogP contribution in [0, 0.1) is 5.82 Å². The van der Waals surface area contributed by atoms with E-state index in [1.54, 1.807) is 17.8 Å². The summed E-state index contributed by atoms with van der Waals surface area (Å²) in [6.07, 6.45) is 1.97. The highest BCUT2D eigenvalue weighted by Gasteiger charge is 2.12. The Morgan fingerprint density at radius 2 is 2.00 bits per heavy atom. The average Bonchev–Trinajstić information content (AvgIpc) is 2.52. The van der Waals surface area contributed by atoms with Crippen LogP contribution < -0.4 is 4.74 Å². The third kappa shape index (κ3) is 3.76. The van der Waals surface area contributed by atoms with Crippen molar-refractivity contribution >= 4 is 17.7 Å². The van der Waals surface area contributed by atoms with Gasteiger partial charge in [-0.15, -0.1) is 11.8 Å². The van der Waals surface area contributed by atoms with Gasteiger partial charge in [0.1, 0.15) is 18.2 Å². The van der Waals surface area contributed by atoms with Gasteiger partial charge in [-0.05, 0) is 36.1 Å². The number of hydrogen-bond donors (Lipinski definition) is 0. The number of rotatable bonds is 5. The van der Waals surface area contributed by atoms with Crippen LogP contribution >= 0.6 is 11.8 Å². The molecule has 2 aromatic carbocycles. The molecule has 0 amide bonds. The molecule has 110 valence electrons. The molecule has 0 saturated heterocycles. The number of benzene rings is 2. The fourth-order valence-corrected chi connectivity index (χ4v) is 2.37. The Balaban J connectivity index is 2.10. The van der Waals surface area contributed by atoms with E-state index >= 15 is 0 Å². The molecular weight excluding hydrogens is 291 g/mol. The Hall–Kier alpha value is -2.01. The van der Waals surface area contributed by atoms with E-state index in [1.807, 2.05) is 30.5 Å². The molecule has 0 aliphatic carbocycles. The first-order valence-corrected chi connectivity index (χ1v) is 7.50. The van der Waals surface area contributed by atoms with Crippen LogP contribution in [0.25, 0.3) is 0 Å². The second-order valence-corrected chi connectivity index (χ2v) is 5.09. The standard InChI is InChI=1S/C16H15FO3S/c1-19-16(18)12-8-7-11(9-13(12)17)10-20-14-5-3-4-6-15(14)21-2/h3-9H,10H2,1-2H3. The fourth-order valence-electron chi connectivity index (χ4n) is 1.82. The molecule has 5 heteroatoms. The first-order valence-electron chi connectivity index (χ1n) is 6.28. The molecule has 0 spiro atoms. The van der Waals surface area contributed by atoms with E-state index < -0.39 is 11.8 Å². The van der Waals surface area contributed by atoms with Gasteiger partial charge in [0.15, 0.2) is 0 Å². The molecule has 0 aliphatic heterocycles. The van der Waals surface area contributed by atoms with Crippen LogP contribution in [0.1, 0.15) is 15.9 Å².